The van der Waals surface area contributed by atoms with Crippen LogP contribution in [0.3, 0.4) is 0 Å². The molecule has 0 aromatic heterocycles. The zero-order chi connectivity index (χ0) is 21.9. The van der Waals surface area contributed by atoms with E-state index in [1.54, 1.807) is 4.90 Å². The smallest absolute Gasteiger partial charge is 0.314 e. The topological polar surface area (TPSA) is 110 Å². The number of esters is 1. The second kappa shape index (κ2) is 18.3. The molecule has 7 heteroatoms. The second-order valence-electron chi connectivity index (χ2n) is 7.74. The molecular weight excluding hydrogens is 372 g/mol. The summed E-state index contributed by atoms with van der Waals surface area (Å²) in [5.74, 6) is -0.894. The zero-order valence-electron chi connectivity index (χ0n) is 18.5. The van der Waals surface area contributed by atoms with E-state index < -0.39 is 12.0 Å². The summed E-state index contributed by atoms with van der Waals surface area (Å²) >= 11 is 0. The van der Waals surface area contributed by atoms with Crippen LogP contribution in [0.2, 0.25) is 0 Å². The van der Waals surface area contributed by atoms with Crippen LogP contribution in [0.5, 0.6) is 0 Å². The number of aliphatic carboxylic acids is 1. The molecule has 0 radical (unpaired) electrons. The van der Waals surface area contributed by atoms with Gasteiger partial charge < -0.3 is 20.5 Å². The number of unbranched alkanes of at least 4 members (excludes halogenated alkanes) is 6. The summed E-state index contributed by atoms with van der Waals surface area (Å²) in [4.78, 5) is 35.8. The minimum atomic E-state index is -0.771. The van der Waals surface area contributed by atoms with E-state index in [9.17, 15) is 14.4 Å². The molecular formula is C22H42N2O5. The lowest BCUT2D eigenvalue weighted by Crippen LogP contribution is -2.37. The zero-order valence-corrected chi connectivity index (χ0v) is 18.5. The van der Waals surface area contributed by atoms with Crippen molar-refractivity contribution < 1.29 is 24.2 Å². The van der Waals surface area contributed by atoms with Crippen molar-refractivity contribution in [2.45, 2.75) is 110 Å². The summed E-state index contributed by atoms with van der Waals surface area (Å²) in [5.41, 5.74) is 5.49. The van der Waals surface area contributed by atoms with Crippen LogP contribution in [0.25, 0.3) is 0 Å². The molecule has 0 bridgehead atoms. The first-order valence-electron chi connectivity index (χ1n) is 11.4. The fourth-order valence-corrected chi connectivity index (χ4v) is 3.22. The first kappa shape index (κ1) is 27.2. The Morgan fingerprint density at radius 2 is 1.45 bits per heavy atom. The number of carboxylic acid groups (broad SMARTS) is 1. The molecule has 1 atom stereocenters. The first-order valence-corrected chi connectivity index (χ1v) is 11.4. The van der Waals surface area contributed by atoms with Crippen LogP contribution in [0, 0.1) is 0 Å². The quantitative estimate of drug-likeness (QED) is 0.231. The van der Waals surface area contributed by atoms with Crippen LogP contribution >= 0.6 is 0 Å². The van der Waals surface area contributed by atoms with Crippen LogP contribution in [-0.4, -0.2) is 47.2 Å². The van der Waals surface area contributed by atoms with Crippen LogP contribution in [0.1, 0.15) is 104 Å². The van der Waals surface area contributed by atoms with E-state index in [0.717, 1.165) is 70.6 Å². The Morgan fingerprint density at radius 3 is 2.07 bits per heavy atom. The Labute approximate surface area is 176 Å². The van der Waals surface area contributed by atoms with Gasteiger partial charge in [0.1, 0.15) is 6.10 Å². The van der Waals surface area contributed by atoms with Crippen molar-refractivity contribution >= 4 is 18.0 Å². The lowest BCUT2D eigenvalue weighted by Gasteiger charge is -2.23. The van der Waals surface area contributed by atoms with Gasteiger partial charge in [0.25, 0.3) is 0 Å². The number of rotatable bonds is 19. The number of urea groups is 1. The summed E-state index contributed by atoms with van der Waals surface area (Å²) in [6, 6.07) is -0.432. The number of hydrogen-bond donors (Lipinski definition) is 2. The number of primary amides is 1. The molecule has 0 spiro atoms. The van der Waals surface area contributed by atoms with E-state index in [2.05, 4.69) is 13.8 Å². The maximum absolute atomic E-state index is 12.0. The summed E-state index contributed by atoms with van der Waals surface area (Å²) in [6.45, 7) is 5.34. The number of carbonyl (C=O) groups excluding carboxylic acids is 2. The van der Waals surface area contributed by atoms with Gasteiger partial charge in [0.15, 0.2) is 0 Å². The normalized spacial score (nSPS) is 11.8. The van der Waals surface area contributed by atoms with E-state index in [1.807, 2.05) is 0 Å². The summed E-state index contributed by atoms with van der Waals surface area (Å²) in [6.07, 6.45) is 11.2. The van der Waals surface area contributed by atoms with Crippen LogP contribution < -0.4 is 5.73 Å². The largest absolute Gasteiger partial charge is 0.481 e. The summed E-state index contributed by atoms with van der Waals surface area (Å²) in [7, 11) is 0. The average molecular weight is 415 g/mol. The number of nitrogens with two attached hydrogens (primary N) is 1. The van der Waals surface area contributed by atoms with Gasteiger partial charge >= 0.3 is 18.0 Å². The van der Waals surface area contributed by atoms with Crippen molar-refractivity contribution in [1.29, 1.82) is 0 Å². The third kappa shape index (κ3) is 16.8. The highest BCUT2D eigenvalue weighted by molar-refractivity contribution is 5.72. The minimum absolute atomic E-state index is 0.0864. The predicted molar refractivity (Wildman–Crippen MR) is 115 cm³/mol. The lowest BCUT2D eigenvalue weighted by molar-refractivity contribution is -0.150. The van der Waals surface area contributed by atoms with Crippen molar-refractivity contribution in [2.75, 3.05) is 13.1 Å². The van der Waals surface area contributed by atoms with E-state index in [4.69, 9.17) is 15.6 Å². The maximum atomic E-state index is 12.0. The van der Waals surface area contributed by atoms with Crippen molar-refractivity contribution in [3.63, 3.8) is 0 Å². The average Bonchev–Trinajstić information content (AvgIpc) is 2.67. The Balaban J connectivity index is 4.27. The van der Waals surface area contributed by atoms with Crippen LogP contribution in [0.15, 0.2) is 0 Å². The van der Waals surface area contributed by atoms with E-state index in [0.29, 0.717) is 25.9 Å². The molecule has 2 amide bonds. The van der Waals surface area contributed by atoms with Gasteiger partial charge in [-0.1, -0.05) is 46.0 Å². The summed E-state index contributed by atoms with van der Waals surface area (Å²) in [5, 5.41) is 8.64. The van der Waals surface area contributed by atoms with Crippen molar-refractivity contribution in [3.8, 4) is 0 Å². The van der Waals surface area contributed by atoms with E-state index in [-0.39, 0.29) is 18.5 Å². The van der Waals surface area contributed by atoms with Gasteiger partial charge in [-0.05, 0) is 44.9 Å². The Kier molecular flexibility index (Phi) is 17.1. The third-order valence-electron chi connectivity index (χ3n) is 5.00. The fraction of sp³-hybridized carbons (Fsp3) is 0.864. The van der Waals surface area contributed by atoms with Crippen molar-refractivity contribution in [3.05, 3.63) is 0 Å². The number of carbonyl (C=O) groups is 3. The molecule has 29 heavy (non-hydrogen) atoms. The van der Waals surface area contributed by atoms with Gasteiger partial charge in [0.05, 0.1) is 0 Å². The molecule has 0 rings (SSSR count). The van der Waals surface area contributed by atoms with Gasteiger partial charge in [-0.15, -0.1) is 0 Å². The number of nitrogens with zero attached hydrogens (tertiary/aromatic N) is 1. The molecule has 0 aromatic carbocycles. The van der Waals surface area contributed by atoms with Gasteiger partial charge in [-0.25, -0.2) is 4.79 Å². The highest BCUT2D eigenvalue weighted by Crippen LogP contribution is 2.15. The van der Waals surface area contributed by atoms with Gasteiger partial charge in [-0.2, -0.15) is 0 Å². The molecule has 0 fully saturated rings. The molecule has 170 valence electrons. The number of amides is 2. The highest BCUT2D eigenvalue weighted by Gasteiger charge is 2.16. The molecule has 0 saturated carbocycles. The number of carboxylic acids is 1. The number of ether oxygens (including phenoxy) is 1. The van der Waals surface area contributed by atoms with Gasteiger partial charge in [0.2, 0.25) is 0 Å². The third-order valence-corrected chi connectivity index (χ3v) is 5.00. The molecule has 0 saturated heterocycles. The van der Waals surface area contributed by atoms with Crippen LogP contribution in [-0.2, 0) is 14.3 Å². The predicted octanol–water partition coefficient (Wildman–Crippen LogP) is 4.86. The molecule has 7 nitrogen and oxygen atoms in total. The number of hydrogen-bond acceptors (Lipinski definition) is 4. The van der Waals surface area contributed by atoms with E-state index >= 15 is 0 Å². The second-order valence-corrected chi connectivity index (χ2v) is 7.74. The standard InChI is InChI=1S/C22H42N2O5/c1-3-5-9-13-19(29-21(27)16-6-4-2)14-12-18-24(22(23)28)17-11-8-7-10-15-20(25)26/h19H,3-18H2,1-2H3,(H2,23,28)(H,25,26). The molecule has 0 aliphatic rings. The monoisotopic (exact) mass is 414 g/mol. The SMILES string of the molecule is CCCCCC(CCCN(CCCCCCC(=O)O)C(N)=O)OC(=O)CCCC. The van der Waals surface area contributed by atoms with Crippen molar-refractivity contribution in [1.82, 2.24) is 4.90 Å². The molecule has 1 unspecified atom stereocenters. The molecule has 0 aliphatic carbocycles. The van der Waals surface area contributed by atoms with Crippen LogP contribution in [0.4, 0.5) is 4.79 Å². The van der Waals surface area contributed by atoms with E-state index in [1.165, 1.54) is 0 Å². The summed E-state index contributed by atoms with van der Waals surface area (Å²) < 4.78 is 5.66. The Morgan fingerprint density at radius 1 is 0.828 bits per heavy atom. The fourth-order valence-electron chi connectivity index (χ4n) is 3.22. The molecule has 3 N–H and O–H groups in total. The van der Waals surface area contributed by atoms with Gasteiger partial charge in [0, 0.05) is 25.9 Å². The maximum Gasteiger partial charge on any atom is 0.314 e. The van der Waals surface area contributed by atoms with Crippen molar-refractivity contribution in [2.24, 2.45) is 5.73 Å². The molecule has 0 heterocycles. The molecule has 0 aliphatic heterocycles. The minimum Gasteiger partial charge on any atom is -0.481 e. The Bertz CT molecular complexity index is 456. The first-order chi connectivity index (χ1) is 13.9. The highest BCUT2D eigenvalue weighted by atomic mass is 16.5. The molecule has 0 aromatic rings. The Hall–Kier alpha value is -1.79. The lowest BCUT2D eigenvalue weighted by atomic mass is 10.1. The van der Waals surface area contributed by atoms with Gasteiger partial charge in [-0.3, -0.25) is 9.59 Å².